The van der Waals surface area contributed by atoms with Crippen LogP contribution in [0.25, 0.3) is 0 Å². The molecule has 1 atom stereocenters. The Kier molecular flexibility index (Phi) is 5.51. The molecule has 4 N–H and O–H groups in total. The Morgan fingerprint density at radius 2 is 1.84 bits per heavy atom. The summed E-state index contributed by atoms with van der Waals surface area (Å²) in [6.07, 6.45) is 0.578. The third-order valence-corrected chi connectivity index (χ3v) is 2.80. The minimum absolute atomic E-state index is 0.311. The summed E-state index contributed by atoms with van der Waals surface area (Å²) in [6, 6.07) is 6.24. The van der Waals surface area contributed by atoms with Crippen LogP contribution < -0.4 is 11.1 Å². The summed E-state index contributed by atoms with van der Waals surface area (Å²) in [5.74, 6) is -1.00. The van der Waals surface area contributed by atoms with Gasteiger partial charge >= 0.3 is 5.97 Å². The predicted molar refractivity (Wildman–Crippen MR) is 72.7 cm³/mol. The van der Waals surface area contributed by atoms with Crippen LogP contribution in [0.3, 0.4) is 0 Å². The van der Waals surface area contributed by atoms with Gasteiger partial charge in [-0.1, -0.05) is 26.0 Å². The molecule has 1 amide bonds. The smallest absolute Gasteiger partial charge is 0.320 e. The number of carboxylic acid groups (broad SMARTS) is 1. The number of amides is 1. The van der Waals surface area contributed by atoms with Crippen molar-refractivity contribution >= 4 is 11.9 Å². The number of benzene rings is 1. The molecule has 0 saturated heterocycles. The van der Waals surface area contributed by atoms with Crippen LogP contribution in [-0.4, -0.2) is 23.0 Å². The number of nitrogens with one attached hydrogen (secondary N) is 1. The van der Waals surface area contributed by atoms with Gasteiger partial charge in [-0.2, -0.15) is 0 Å². The summed E-state index contributed by atoms with van der Waals surface area (Å²) in [5.41, 5.74) is 6.51. The zero-order chi connectivity index (χ0) is 14.4. The molecule has 0 aliphatic heterocycles. The lowest BCUT2D eigenvalue weighted by atomic mass is 10.0. The number of hydrogen-bond acceptors (Lipinski definition) is 3. The van der Waals surface area contributed by atoms with Crippen molar-refractivity contribution < 1.29 is 14.7 Å². The molecule has 19 heavy (non-hydrogen) atoms. The first kappa shape index (κ1) is 15.2. The first-order valence-corrected chi connectivity index (χ1v) is 6.25. The van der Waals surface area contributed by atoms with Gasteiger partial charge in [-0.15, -0.1) is 0 Å². The van der Waals surface area contributed by atoms with E-state index >= 15 is 0 Å². The Bertz CT molecular complexity index is 441. The van der Waals surface area contributed by atoms with Crippen molar-refractivity contribution in [2.24, 2.45) is 11.7 Å². The predicted octanol–water partition coefficient (Wildman–Crippen LogP) is 1.37. The fourth-order valence-corrected chi connectivity index (χ4v) is 1.77. The first-order valence-electron chi connectivity index (χ1n) is 6.25. The van der Waals surface area contributed by atoms with Gasteiger partial charge < -0.3 is 16.2 Å². The highest BCUT2D eigenvalue weighted by molar-refractivity contribution is 5.92. The van der Waals surface area contributed by atoms with Crippen LogP contribution in [0, 0.1) is 5.92 Å². The van der Waals surface area contributed by atoms with E-state index in [1.54, 1.807) is 24.3 Å². The van der Waals surface area contributed by atoms with E-state index in [1.165, 1.54) is 0 Å². The highest BCUT2D eigenvalue weighted by Gasteiger charge is 2.17. The average molecular weight is 264 g/mol. The molecule has 0 fully saturated rings. The molecule has 5 heteroatoms. The maximum Gasteiger partial charge on any atom is 0.320 e. The number of aliphatic carboxylic acids is 1. The fourth-order valence-electron chi connectivity index (χ4n) is 1.77. The number of rotatable bonds is 7. The van der Waals surface area contributed by atoms with Crippen molar-refractivity contribution in [2.45, 2.75) is 32.9 Å². The molecule has 0 radical (unpaired) electrons. The van der Waals surface area contributed by atoms with Crippen LogP contribution in [-0.2, 0) is 11.3 Å². The molecule has 0 heterocycles. The molecule has 0 aliphatic carbocycles. The van der Waals surface area contributed by atoms with Gasteiger partial charge in [0.1, 0.15) is 6.04 Å². The number of nitrogens with two attached hydrogens (primary N) is 1. The third-order valence-electron chi connectivity index (χ3n) is 2.80. The van der Waals surface area contributed by atoms with E-state index in [4.69, 9.17) is 10.8 Å². The van der Waals surface area contributed by atoms with Crippen molar-refractivity contribution in [3.05, 3.63) is 35.4 Å². The summed E-state index contributed by atoms with van der Waals surface area (Å²) >= 11 is 0. The van der Waals surface area contributed by atoms with E-state index < -0.39 is 17.9 Å². The monoisotopic (exact) mass is 264 g/mol. The van der Waals surface area contributed by atoms with Crippen molar-refractivity contribution in [1.29, 1.82) is 0 Å². The highest BCUT2D eigenvalue weighted by Crippen LogP contribution is 2.08. The van der Waals surface area contributed by atoms with Gasteiger partial charge in [0.15, 0.2) is 0 Å². The van der Waals surface area contributed by atoms with Crippen LogP contribution in [0.2, 0.25) is 0 Å². The minimum Gasteiger partial charge on any atom is -0.480 e. The maximum absolute atomic E-state index is 11.1. The number of carbonyl (C=O) groups excluding carboxylic acids is 1. The van der Waals surface area contributed by atoms with Gasteiger partial charge in [-0.3, -0.25) is 9.59 Å². The van der Waals surface area contributed by atoms with Gasteiger partial charge in [0.05, 0.1) is 0 Å². The van der Waals surface area contributed by atoms with E-state index in [2.05, 4.69) is 5.32 Å². The Morgan fingerprint density at radius 1 is 1.26 bits per heavy atom. The molecule has 0 bridgehead atoms. The van der Waals surface area contributed by atoms with Gasteiger partial charge in [-0.05, 0) is 30.0 Å². The number of hydrogen-bond donors (Lipinski definition) is 3. The maximum atomic E-state index is 11.1. The van der Waals surface area contributed by atoms with Crippen molar-refractivity contribution in [2.75, 3.05) is 0 Å². The lowest BCUT2D eigenvalue weighted by Gasteiger charge is -2.16. The summed E-state index contributed by atoms with van der Waals surface area (Å²) < 4.78 is 0. The third kappa shape index (κ3) is 5.09. The minimum atomic E-state index is -0.845. The zero-order valence-electron chi connectivity index (χ0n) is 11.2. The largest absolute Gasteiger partial charge is 0.480 e. The van der Waals surface area contributed by atoms with Gasteiger partial charge in [-0.25, -0.2) is 0 Å². The standard InChI is InChI=1S/C14H20N2O3/c1-9(2)7-12(14(18)19)16-8-10-3-5-11(6-4-10)13(15)17/h3-6,9,12,16H,7-8H2,1-2H3,(H2,15,17)(H,18,19). The average Bonchev–Trinajstić information content (AvgIpc) is 2.34. The van der Waals surface area contributed by atoms with E-state index in [0.29, 0.717) is 24.4 Å². The van der Waals surface area contributed by atoms with E-state index in [-0.39, 0.29) is 0 Å². The van der Waals surface area contributed by atoms with Gasteiger partial charge in [0.25, 0.3) is 0 Å². The van der Waals surface area contributed by atoms with Crippen molar-refractivity contribution in [3.8, 4) is 0 Å². The molecular weight excluding hydrogens is 244 g/mol. The molecular formula is C14H20N2O3. The van der Waals surface area contributed by atoms with Crippen LogP contribution in [0.1, 0.15) is 36.2 Å². The van der Waals surface area contributed by atoms with Gasteiger partial charge in [0, 0.05) is 12.1 Å². The molecule has 1 aromatic rings. The summed E-state index contributed by atoms with van der Waals surface area (Å²) in [7, 11) is 0. The lowest BCUT2D eigenvalue weighted by molar-refractivity contribution is -0.140. The van der Waals surface area contributed by atoms with Crippen molar-refractivity contribution in [3.63, 3.8) is 0 Å². The molecule has 104 valence electrons. The second-order valence-electron chi connectivity index (χ2n) is 4.96. The second kappa shape index (κ2) is 6.89. The molecule has 0 aliphatic rings. The molecule has 1 aromatic carbocycles. The Morgan fingerprint density at radius 3 is 2.26 bits per heavy atom. The molecule has 0 aromatic heterocycles. The Labute approximate surface area is 112 Å². The van der Waals surface area contributed by atoms with E-state index in [1.807, 2.05) is 13.8 Å². The molecule has 1 rings (SSSR count). The Hall–Kier alpha value is -1.88. The summed E-state index contributed by atoms with van der Waals surface area (Å²) in [5, 5.41) is 12.1. The summed E-state index contributed by atoms with van der Waals surface area (Å²) in [6.45, 7) is 4.42. The van der Waals surface area contributed by atoms with E-state index in [9.17, 15) is 9.59 Å². The highest BCUT2D eigenvalue weighted by atomic mass is 16.4. The van der Waals surface area contributed by atoms with Crippen LogP contribution in [0.15, 0.2) is 24.3 Å². The lowest BCUT2D eigenvalue weighted by Crippen LogP contribution is -2.37. The quantitative estimate of drug-likeness (QED) is 0.693. The zero-order valence-corrected chi connectivity index (χ0v) is 11.2. The fraction of sp³-hybridized carbons (Fsp3) is 0.429. The molecule has 0 spiro atoms. The molecule has 1 unspecified atom stereocenters. The summed E-state index contributed by atoms with van der Waals surface area (Å²) in [4.78, 5) is 22.0. The van der Waals surface area contributed by atoms with Crippen LogP contribution >= 0.6 is 0 Å². The Balaban J connectivity index is 2.59. The van der Waals surface area contributed by atoms with Crippen LogP contribution in [0.4, 0.5) is 0 Å². The number of carbonyl (C=O) groups is 2. The van der Waals surface area contributed by atoms with Crippen molar-refractivity contribution in [1.82, 2.24) is 5.32 Å². The van der Waals surface area contributed by atoms with E-state index in [0.717, 1.165) is 5.56 Å². The molecule has 5 nitrogen and oxygen atoms in total. The normalized spacial score (nSPS) is 12.4. The first-order chi connectivity index (χ1) is 8.90. The second-order valence-corrected chi connectivity index (χ2v) is 4.96. The SMILES string of the molecule is CC(C)CC(NCc1ccc(C(N)=O)cc1)C(=O)O. The van der Waals surface area contributed by atoms with Crippen LogP contribution in [0.5, 0.6) is 0 Å². The number of primary amides is 1. The van der Waals surface area contributed by atoms with Gasteiger partial charge in [0.2, 0.25) is 5.91 Å². The molecule has 0 saturated carbocycles. The number of carboxylic acids is 1. The topological polar surface area (TPSA) is 92.4 Å².